The molecule has 0 aromatic heterocycles. The van der Waals surface area contributed by atoms with E-state index in [1.54, 1.807) is 6.08 Å². The van der Waals surface area contributed by atoms with E-state index in [0.29, 0.717) is 6.61 Å². The fourth-order valence-electron chi connectivity index (χ4n) is 1.90. The molecule has 1 aromatic carbocycles. The summed E-state index contributed by atoms with van der Waals surface area (Å²) in [6, 6.07) is 9.73. The van der Waals surface area contributed by atoms with Crippen LogP contribution in [-0.4, -0.2) is 19.1 Å². The van der Waals surface area contributed by atoms with Gasteiger partial charge in [-0.3, -0.25) is 0 Å². The van der Waals surface area contributed by atoms with Gasteiger partial charge in [0.1, 0.15) is 0 Å². The van der Waals surface area contributed by atoms with Gasteiger partial charge in [0.25, 0.3) is 0 Å². The van der Waals surface area contributed by atoms with Gasteiger partial charge in [0, 0.05) is 6.08 Å². The number of esters is 1. The molecule has 1 aromatic rings. The molecule has 0 aliphatic heterocycles. The van der Waals surface area contributed by atoms with Crippen LogP contribution in [0.3, 0.4) is 0 Å². The number of hydrogen-bond donors (Lipinski definition) is 1. The van der Waals surface area contributed by atoms with E-state index in [-0.39, 0.29) is 5.97 Å². The van der Waals surface area contributed by atoms with E-state index in [2.05, 4.69) is 0 Å². The molecule has 0 aliphatic rings. The lowest BCUT2D eigenvalue weighted by Gasteiger charge is -2.02. The summed E-state index contributed by atoms with van der Waals surface area (Å²) in [6.45, 7) is 1.29. The third-order valence-electron chi connectivity index (χ3n) is 3.05. The van der Waals surface area contributed by atoms with Crippen molar-refractivity contribution in [1.29, 1.82) is 0 Å². The normalized spacial score (nSPS) is 10.8. The van der Waals surface area contributed by atoms with Gasteiger partial charge < -0.3 is 10.5 Å². The summed E-state index contributed by atoms with van der Waals surface area (Å²) >= 11 is 0. The van der Waals surface area contributed by atoms with Crippen molar-refractivity contribution in [2.75, 3.05) is 13.2 Å². The predicted molar refractivity (Wildman–Crippen MR) is 83.2 cm³/mol. The molecule has 0 fully saturated rings. The SMILES string of the molecule is NCCCCCCCCOC(=O)/C=C/c1ccccc1. The Kier molecular flexibility index (Phi) is 9.24. The highest BCUT2D eigenvalue weighted by Gasteiger charge is 1.97. The average molecular weight is 275 g/mol. The molecule has 0 aliphatic carbocycles. The zero-order chi connectivity index (χ0) is 14.5. The number of carbonyl (C=O) groups is 1. The van der Waals surface area contributed by atoms with Crippen molar-refractivity contribution < 1.29 is 9.53 Å². The van der Waals surface area contributed by atoms with Gasteiger partial charge in [-0.1, -0.05) is 56.0 Å². The maximum atomic E-state index is 11.5. The minimum atomic E-state index is -0.267. The minimum Gasteiger partial charge on any atom is -0.463 e. The second-order valence-corrected chi connectivity index (χ2v) is 4.82. The Bertz CT molecular complexity index is 387. The van der Waals surface area contributed by atoms with E-state index >= 15 is 0 Å². The molecule has 0 saturated heterocycles. The summed E-state index contributed by atoms with van der Waals surface area (Å²) in [5.74, 6) is -0.267. The molecule has 0 amide bonds. The maximum Gasteiger partial charge on any atom is 0.330 e. The second kappa shape index (κ2) is 11.2. The van der Waals surface area contributed by atoms with Gasteiger partial charge in [-0.25, -0.2) is 4.79 Å². The number of rotatable bonds is 10. The lowest BCUT2D eigenvalue weighted by molar-refractivity contribution is -0.137. The predicted octanol–water partition coefficient (Wildman–Crippen LogP) is 3.54. The largest absolute Gasteiger partial charge is 0.463 e. The fraction of sp³-hybridized carbons (Fsp3) is 0.471. The number of hydrogen-bond acceptors (Lipinski definition) is 3. The Morgan fingerprint density at radius 2 is 1.65 bits per heavy atom. The number of ether oxygens (including phenoxy) is 1. The molecule has 1 rings (SSSR count). The second-order valence-electron chi connectivity index (χ2n) is 4.82. The summed E-state index contributed by atoms with van der Waals surface area (Å²) in [7, 11) is 0. The molecule has 20 heavy (non-hydrogen) atoms. The van der Waals surface area contributed by atoms with E-state index in [0.717, 1.165) is 31.4 Å². The van der Waals surface area contributed by atoms with Crippen LogP contribution in [0.5, 0.6) is 0 Å². The van der Waals surface area contributed by atoms with Crippen LogP contribution in [0.15, 0.2) is 36.4 Å². The summed E-state index contributed by atoms with van der Waals surface area (Å²) in [5, 5.41) is 0. The van der Waals surface area contributed by atoms with Gasteiger partial charge in [-0.2, -0.15) is 0 Å². The van der Waals surface area contributed by atoms with Crippen LogP contribution < -0.4 is 5.73 Å². The summed E-state index contributed by atoms with van der Waals surface area (Å²) in [5.41, 5.74) is 6.43. The molecule has 0 atom stereocenters. The van der Waals surface area contributed by atoms with Crippen LogP contribution in [0.2, 0.25) is 0 Å². The Balaban J connectivity index is 2.02. The maximum absolute atomic E-state index is 11.5. The first kappa shape index (κ1) is 16.4. The quantitative estimate of drug-likeness (QED) is 0.403. The first-order chi connectivity index (χ1) is 9.83. The van der Waals surface area contributed by atoms with Crippen LogP contribution in [0.1, 0.15) is 44.1 Å². The first-order valence-corrected chi connectivity index (χ1v) is 7.43. The molecule has 0 heterocycles. The summed E-state index contributed by atoms with van der Waals surface area (Å²) < 4.78 is 5.15. The van der Waals surface area contributed by atoms with E-state index in [4.69, 9.17) is 10.5 Å². The zero-order valence-corrected chi connectivity index (χ0v) is 12.1. The number of unbranched alkanes of at least 4 members (excludes halogenated alkanes) is 5. The number of benzene rings is 1. The average Bonchev–Trinajstić information content (AvgIpc) is 2.49. The molecule has 0 radical (unpaired) electrons. The van der Waals surface area contributed by atoms with Crippen molar-refractivity contribution in [2.24, 2.45) is 5.73 Å². The van der Waals surface area contributed by atoms with E-state index < -0.39 is 0 Å². The topological polar surface area (TPSA) is 52.3 Å². The Hall–Kier alpha value is -1.61. The lowest BCUT2D eigenvalue weighted by Crippen LogP contribution is -2.02. The third kappa shape index (κ3) is 8.48. The van der Waals surface area contributed by atoms with Crippen molar-refractivity contribution in [2.45, 2.75) is 38.5 Å². The van der Waals surface area contributed by atoms with Crippen LogP contribution in [-0.2, 0) is 9.53 Å². The molecule has 3 heteroatoms. The smallest absolute Gasteiger partial charge is 0.330 e. The van der Waals surface area contributed by atoms with Crippen LogP contribution in [0.25, 0.3) is 6.08 Å². The van der Waals surface area contributed by atoms with Gasteiger partial charge in [0.05, 0.1) is 6.61 Å². The van der Waals surface area contributed by atoms with E-state index in [1.807, 2.05) is 30.3 Å². The van der Waals surface area contributed by atoms with Crippen LogP contribution >= 0.6 is 0 Å². The van der Waals surface area contributed by atoms with Crippen molar-refractivity contribution in [3.63, 3.8) is 0 Å². The summed E-state index contributed by atoms with van der Waals surface area (Å²) in [6.07, 6.45) is 10.0. The van der Waals surface area contributed by atoms with Crippen LogP contribution in [0.4, 0.5) is 0 Å². The molecular formula is C17H25NO2. The highest BCUT2D eigenvalue weighted by atomic mass is 16.5. The standard InChI is InChI=1S/C17H25NO2/c18-14-8-3-1-2-4-9-15-20-17(19)13-12-16-10-6-5-7-11-16/h5-7,10-13H,1-4,8-9,14-15,18H2/b13-12+. The molecule has 0 spiro atoms. The lowest BCUT2D eigenvalue weighted by atomic mass is 10.1. The highest BCUT2D eigenvalue weighted by Crippen LogP contribution is 2.05. The highest BCUT2D eigenvalue weighted by molar-refractivity contribution is 5.86. The van der Waals surface area contributed by atoms with Crippen molar-refractivity contribution >= 4 is 12.0 Å². The van der Waals surface area contributed by atoms with Gasteiger partial charge in [-0.15, -0.1) is 0 Å². The molecular weight excluding hydrogens is 250 g/mol. The Morgan fingerprint density at radius 3 is 2.35 bits per heavy atom. The summed E-state index contributed by atoms with van der Waals surface area (Å²) in [4.78, 5) is 11.5. The van der Waals surface area contributed by atoms with Gasteiger partial charge in [0.15, 0.2) is 0 Å². The zero-order valence-electron chi connectivity index (χ0n) is 12.1. The number of nitrogens with two attached hydrogens (primary N) is 1. The molecule has 0 saturated carbocycles. The van der Waals surface area contributed by atoms with Crippen molar-refractivity contribution in [3.8, 4) is 0 Å². The molecule has 3 nitrogen and oxygen atoms in total. The van der Waals surface area contributed by atoms with E-state index in [9.17, 15) is 4.79 Å². The molecule has 0 unspecified atom stereocenters. The Labute approximate surface area is 121 Å². The van der Waals surface area contributed by atoms with Crippen molar-refractivity contribution in [1.82, 2.24) is 0 Å². The fourth-order valence-corrected chi connectivity index (χ4v) is 1.90. The minimum absolute atomic E-state index is 0.267. The number of carbonyl (C=O) groups excluding carboxylic acids is 1. The van der Waals surface area contributed by atoms with Crippen molar-refractivity contribution in [3.05, 3.63) is 42.0 Å². The van der Waals surface area contributed by atoms with E-state index in [1.165, 1.54) is 25.3 Å². The molecule has 110 valence electrons. The Morgan fingerprint density at radius 1 is 1.00 bits per heavy atom. The van der Waals surface area contributed by atoms with Crippen LogP contribution in [0, 0.1) is 0 Å². The molecule has 2 N–H and O–H groups in total. The van der Waals surface area contributed by atoms with Gasteiger partial charge in [0.2, 0.25) is 0 Å². The van der Waals surface area contributed by atoms with Gasteiger partial charge >= 0.3 is 5.97 Å². The monoisotopic (exact) mass is 275 g/mol. The van der Waals surface area contributed by atoms with Gasteiger partial charge in [-0.05, 0) is 31.0 Å². The molecule has 0 bridgehead atoms. The third-order valence-corrected chi connectivity index (χ3v) is 3.05. The first-order valence-electron chi connectivity index (χ1n) is 7.43.